The molecule has 0 bridgehead atoms. The van der Waals surface area contributed by atoms with Crippen molar-refractivity contribution in [2.75, 3.05) is 12.4 Å². The van der Waals surface area contributed by atoms with E-state index in [1.54, 1.807) is 25.1 Å². The lowest BCUT2D eigenvalue weighted by Crippen LogP contribution is -2.32. The van der Waals surface area contributed by atoms with Crippen molar-refractivity contribution in [3.8, 4) is 11.4 Å². The van der Waals surface area contributed by atoms with Gasteiger partial charge in [0.15, 0.2) is 6.10 Å². The molecule has 196 valence electrons. The minimum Gasteiger partial charge on any atom is -0.465 e. The average molecular weight is 532 g/mol. The van der Waals surface area contributed by atoms with Crippen LogP contribution < -0.4 is 5.32 Å². The number of H-pyrrole nitrogens is 1. The van der Waals surface area contributed by atoms with E-state index in [2.05, 4.69) is 15.3 Å². The lowest BCUT2D eigenvalue weighted by Gasteiger charge is -2.16. The van der Waals surface area contributed by atoms with Crippen molar-refractivity contribution in [1.82, 2.24) is 9.97 Å². The van der Waals surface area contributed by atoms with Crippen LogP contribution in [0.5, 0.6) is 0 Å². The number of aromatic amines is 1. The Balaban J connectivity index is 1.32. The number of thiophene rings is 1. The van der Waals surface area contributed by atoms with Gasteiger partial charge in [-0.05, 0) is 62.8 Å². The van der Waals surface area contributed by atoms with Gasteiger partial charge in [-0.2, -0.15) is 0 Å². The maximum absolute atomic E-state index is 13.1. The van der Waals surface area contributed by atoms with Gasteiger partial charge >= 0.3 is 11.9 Å². The SMILES string of the molecule is CCC(OC(=O)c1ccc2nc(-c3ccc(C)cc3)[nH]c2c1)C(=O)Nc1sc2c(c1C(=O)OC)CCCC2. The number of hydrogen-bond donors (Lipinski definition) is 2. The number of methoxy groups -OCH3 is 1. The van der Waals surface area contributed by atoms with Crippen LogP contribution in [0, 0.1) is 6.92 Å². The maximum atomic E-state index is 13.1. The second kappa shape index (κ2) is 10.8. The van der Waals surface area contributed by atoms with Gasteiger partial charge in [0.2, 0.25) is 0 Å². The van der Waals surface area contributed by atoms with Crippen LogP contribution in [0.15, 0.2) is 42.5 Å². The van der Waals surface area contributed by atoms with Crippen molar-refractivity contribution in [3.63, 3.8) is 0 Å². The highest BCUT2D eigenvalue weighted by Gasteiger charge is 2.29. The number of fused-ring (bicyclic) bond motifs is 2. The summed E-state index contributed by atoms with van der Waals surface area (Å²) in [6.07, 6.45) is 2.94. The lowest BCUT2D eigenvalue weighted by atomic mass is 9.95. The van der Waals surface area contributed by atoms with E-state index in [1.807, 2.05) is 31.2 Å². The van der Waals surface area contributed by atoms with Gasteiger partial charge in [-0.1, -0.05) is 36.8 Å². The molecule has 1 atom stereocenters. The van der Waals surface area contributed by atoms with Crippen LogP contribution in [0.25, 0.3) is 22.4 Å². The monoisotopic (exact) mass is 531 g/mol. The molecule has 2 N–H and O–H groups in total. The van der Waals surface area contributed by atoms with Crippen molar-refractivity contribution >= 4 is 45.2 Å². The zero-order valence-corrected chi connectivity index (χ0v) is 22.4. The van der Waals surface area contributed by atoms with Gasteiger partial charge in [0.1, 0.15) is 10.8 Å². The van der Waals surface area contributed by atoms with E-state index in [-0.39, 0.29) is 6.42 Å². The smallest absolute Gasteiger partial charge is 0.341 e. The van der Waals surface area contributed by atoms with Crippen molar-refractivity contribution < 1.29 is 23.9 Å². The molecule has 2 aromatic heterocycles. The Bertz CT molecular complexity index is 1520. The fourth-order valence-corrected chi connectivity index (χ4v) is 5.95. The maximum Gasteiger partial charge on any atom is 0.341 e. The predicted molar refractivity (Wildman–Crippen MR) is 147 cm³/mol. The number of rotatable bonds is 7. The highest BCUT2D eigenvalue weighted by molar-refractivity contribution is 7.17. The third-order valence-electron chi connectivity index (χ3n) is 6.75. The first-order valence-corrected chi connectivity index (χ1v) is 13.5. The molecule has 2 heterocycles. The molecule has 1 aliphatic carbocycles. The molecule has 0 spiro atoms. The van der Waals surface area contributed by atoms with E-state index in [0.717, 1.165) is 52.8 Å². The van der Waals surface area contributed by atoms with Gasteiger partial charge in [-0.3, -0.25) is 4.79 Å². The molecular formula is C29H29N3O5S. The molecule has 1 aliphatic rings. The number of aromatic nitrogens is 2. The quantitative estimate of drug-likeness (QED) is 0.290. The van der Waals surface area contributed by atoms with Gasteiger partial charge in [0.05, 0.1) is 29.3 Å². The first kappa shape index (κ1) is 25.7. The molecule has 2 aromatic carbocycles. The number of carbonyl (C=O) groups excluding carboxylic acids is 3. The number of hydrogen-bond acceptors (Lipinski definition) is 7. The molecule has 0 aliphatic heterocycles. The van der Waals surface area contributed by atoms with E-state index in [9.17, 15) is 14.4 Å². The summed E-state index contributed by atoms with van der Waals surface area (Å²) < 4.78 is 10.6. The van der Waals surface area contributed by atoms with Gasteiger partial charge in [-0.15, -0.1) is 11.3 Å². The number of aryl methyl sites for hydroxylation is 2. The second-order valence-corrected chi connectivity index (χ2v) is 10.5. The number of nitrogens with zero attached hydrogens (tertiary/aromatic N) is 1. The highest BCUT2D eigenvalue weighted by atomic mass is 32.1. The van der Waals surface area contributed by atoms with Crippen LogP contribution >= 0.6 is 11.3 Å². The summed E-state index contributed by atoms with van der Waals surface area (Å²) in [4.78, 5) is 47.6. The third-order valence-corrected chi connectivity index (χ3v) is 7.96. The molecule has 4 aromatic rings. The van der Waals surface area contributed by atoms with E-state index in [4.69, 9.17) is 9.47 Å². The Morgan fingerprint density at radius 3 is 2.58 bits per heavy atom. The number of ether oxygens (including phenoxy) is 2. The summed E-state index contributed by atoms with van der Waals surface area (Å²) in [5, 5.41) is 3.28. The summed E-state index contributed by atoms with van der Waals surface area (Å²) in [7, 11) is 1.33. The molecule has 0 saturated heterocycles. The fourth-order valence-electron chi connectivity index (χ4n) is 4.67. The third kappa shape index (κ3) is 5.06. The summed E-state index contributed by atoms with van der Waals surface area (Å²) in [6, 6.07) is 13.1. The van der Waals surface area contributed by atoms with Gasteiger partial charge < -0.3 is 19.8 Å². The summed E-state index contributed by atoms with van der Waals surface area (Å²) >= 11 is 1.40. The molecule has 5 rings (SSSR count). The number of esters is 2. The predicted octanol–water partition coefficient (Wildman–Crippen LogP) is 5.84. The first-order valence-electron chi connectivity index (χ1n) is 12.7. The second-order valence-electron chi connectivity index (χ2n) is 9.38. The lowest BCUT2D eigenvalue weighted by molar-refractivity contribution is -0.124. The minimum absolute atomic E-state index is 0.278. The molecule has 0 radical (unpaired) electrons. The Labute approximate surface area is 224 Å². The zero-order chi connectivity index (χ0) is 26.8. The van der Waals surface area contributed by atoms with Crippen LogP contribution in [0.2, 0.25) is 0 Å². The van der Waals surface area contributed by atoms with Crippen molar-refractivity contribution in [1.29, 1.82) is 0 Å². The molecule has 1 unspecified atom stereocenters. The molecule has 38 heavy (non-hydrogen) atoms. The highest BCUT2D eigenvalue weighted by Crippen LogP contribution is 2.38. The average Bonchev–Trinajstić information content (AvgIpc) is 3.52. The van der Waals surface area contributed by atoms with Crippen molar-refractivity contribution in [2.24, 2.45) is 0 Å². The minimum atomic E-state index is -1.02. The van der Waals surface area contributed by atoms with E-state index >= 15 is 0 Å². The number of carbonyl (C=O) groups is 3. The van der Waals surface area contributed by atoms with E-state index in [0.29, 0.717) is 27.5 Å². The number of imidazole rings is 1. The first-order chi connectivity index (χ1) is 18.4. The van der Waals surface area contributed by atoms with E-state index in [1.165, 1.54) is 18.4 Å². The van der Waals surface area contributed by atoms with Crippen LogP contribution in [-0.4, -0.2) is 41.0 Å². The van der Waals surface area contributed by atoms with Gasteiger partial charge in [0, 0.05) is 10.4 Å². The topological polar surface area (TPSA) is 110 Å². The van der Waals surface area contributed by atoms with Gasteiger partial charge in [0.25, 0.3) is 5.91 Å². The standard InChI is InChI=1S/C29H29N3O5S/c1-4-22(26(33)32-27-24(29(35)36-3)19-7-5-6-8-23(19)38-27)37-28(34)18-13-14-20-21(15-18)31-25(30-20)17-11-9-16(2)10-12-17/h9-15,22H,4-8H2,1-3H3,(H,30,31)(H,32,33). The number of benzene rings is 2. The van der Waals surface area contributed by atoms with Crippen molar-refractivity contribution in [2.45, 2.75) is 52.1 Å². The summed E-state index contributed by atoms with van der Waals surface area (Å²) in [5.41, 5.74) is 5.19. The Morgan fingerprint density at radius 1 is 1.08 bits per heavy atom. The van der Waals surface area contributed by atoms with Crippen LogP contribution in [0.1, 0.15) is 62.9 Å². The van der Waals surface area contributed by atoms with Crippen LogP contribution in [0.3, 0.4) is 0 Å². The molecule has 0 fully saturated rings. The Hall–Kier alpha value is -3.98. The Kier molecular flexibility index (Phi) is 7.28. The van der Waals surface area contributed by atoms with E-state index < -0.39 is 23.9 Å². The fraction of sp³-hybridized carbons (Fsp3) is 0.310. The molecule has 0 saturated carbocycles. The van der Waals surface area contributed by atoms with Crippen molar-refractivity contribution in [3.05, 3.63) is 69.6 Å². The number of amides is 1. The molecule has 1 amide bonds. The Morgan fingerprint density at radius 2 is 1.84 bits per heavy atom. The summed E-state index contributed by atoms with van der Waals surface area (Å²) in [5.74, 6) is -0.855. The van der Waals surface area contributed by atoms with Gasteiger partial charge in [-0.25, -0.2) is 14.6 Å². The normalized spacial score (nSPS) is 13.6. The van der Waals surface area contributed by atoms with Crippen LogP contribution in [-0.2, 0) is 27.1 Å². The zero-order valence-electron chi connectivity index (χ0n) is 21.6. The number of nitrogens with one attached hydrogen (secondary N) is 2. The molecule has 8 nitrogen and oxygen atoms in total. The molecular weight excluding hydrogens is 502 g/mol. The number of anilines is 1. The molecule has 9 heteroatoms. The largest absolute Gasteiger partial charge is 0.465 e. The summed E-state index contributed by atoms with van der Waals surface area (Å²) in [6.45, 7) is 3.79. The van der Waals surface area contributed by atoms with Crippen LogP contribution in [0.4, 0.5) is 5.00 Å².